The molecular formula is C15H28N4O. The minimum absolute atomic E-state index is 0.100. The maximum Gasteiger partial charge on any atom is 0.132 e. The van der Waals surface area contributed by atoms with E-state index in [1.54, 1.807) is 0 Å². The topological polar surface area (TPSA) is 70.1 Å². The molecule has 0 atom stereocenters. The first-order valence-corrected chi connectivity index (χ1v) is 7.63. The van der Waals surface area contributed by atoms with Crippen LogP contribution in [0.2, 0.25) is 0 Å². The van der Waals surface area contributed by atoms with Crippen molar-refractivity contribution in [2.24, 2.45) is 0 Å². The number of hydrogen-bond acceptors (Lipinski definition) is 5. The highest BCUT2D eigenvalue weighted by molar-refractivity contribution is 5.49. The van der Waals surface area contributed by atoms with Crippen LogP contribution < -0.4 is 10.6 Å². The number of aromatic nitrogens is 2. The van der Waals surface area contributed by atoms with Crippen molar-refractivity contribution in [2.75, 3.05) is 23.8 Å². The van der Waals surface area contributed by atoms with E-state index in [0.717, 1.165) is 49.7 Å². The molecule has 5 heteroatoms. The number of aryl methyl sites for hydroxylation is 1. The van der Waals surface area contributed by atoms with Crippen molar-refractivity contribution in [2.45, 2.75) is 58.9 Å². The minimum atomic E-state index is -0.304. The van der Waals surface area contributed by atoms with E-state index in [1.807, 2.05) is 13.0 Å². The van der Waals surface area contributed by atoms with Gasteiger partial charge in [-0.1, -0.05) is 27.7 Å². The lowest BCUT2D eigenvalue weighted by molar-refractivity contribution is 0.202. The molecule has 0 spiro atoms. The van der Waals surface area contributed by atoms with Crippen LogP contribution in [0.1, 0.15) is 52.8 Å². The molecule has 0 radical (unpaired) electrons. The standard InChI is InChI=1S/C15H28N4O/c1-5-9-16-13-10-14(18-12(6-2)17-13)19-15(7-3,8-4)11-20/h10,20H,5-9,11H2,1-4H3,(H2,16,17,18,19). The molecule has 5 nitrogen and oxygen atoms in total. The van der Waals surface area contributed by atoms with Crippen LogP contribution in [0.4, 0.5) is 11.6 Å². The van der Waals surface area contributed by atoms with Gasteiger partial charge in [0.2, 0.25) is 0 Å². The predicted octanol–water partition coefficient (Wildman–Crippen LogP) is 2.82. The van der Waals surface area contributed by atoms with Crippen molar-refractivity contribution in [3.8, 4) is 0 Å². The van der Waals surface area contributed by atoms with E-state index < -0.39 is 0 Å². The highest BCUT2D eigenvalue weighted by Gasteiger charge is 2.25. The molecule has 20 heavy (non-hydrogen) atoms. The molecule has 0 unspecified atom stereocenters. The van der Waals surface area contributed by atoms with E-state index >= 15 is 0 Å². The first-order chi connectivity index (χ1) is 9.62. The molecular weight excluding hydrogens is 252 g/mol. The molecule has 0 aliphatic heterocycles. The highest BCUT2D eigenvalue weighted by atomic mass is 16.3. The van der Waals surface area contributed by atoms with Gasteiger partial charge in [0, 0.05) is 19.0 Å². The summed E-state index contributed by atoms with van der Waals surface area (Å²) in [5.41, 5.74) is -0.304. The third-order valence-corrected chi connectivity index (χ3v) is 3.69. The van der Waals surface area contributed by atoms with Crippen molar-refractivity contribution >= 4 is 11.6 Å². The summed E-state index contributed by atoms with van der Waals surface area (Å²) in [6.45, 7) is 9.31. The summed E-state index contributed by atoms with van der Waals surface area (Å²) in [7, 11) is 0. The van der Waals surface area contributed by atoms with Crippen molar-refractivity contribution in [1.82, 2.24) is 9.97 Å². The molecule has 1 rings (SSSR count). The van der Waals surface area contributed by atoms with Gasteiger partial charge in [0.25, 0.3) is 0 Å². The van der Waals surface area contributed by atoms with Gasteiger partial charge in [0.15, 0.2) is 0 Å². The zero-order valence-corrected chi connectivity index (χ0v) is 13.2. The summed E-state index contributed by atoms with van der Waals surface area (Å²) in [4.78, 5) is 8.99. The van der Waals surface area contributed by atoms with Crippen LogP contribution >= 0.6 is 0 Å². The Bertz CT molecular complexity index is 397. The summed E-state index contributed by atoms with van der Waals surface area (Å²) in [6, 6.07) is 1.92. The SMILES string of the molecule is CCCNc1cc(NC(CC)(CC)CO)nc(CC)n1. The molecule has 0 saturated heterocycles. The van der Waals surface area contributed by atoms with Gasteiger partial charge in [0.05, 0.1) is 12.1 Å². The number of aliphatic hydroxyl groups is 1. The number of nitrogens with zero attached hydrogens (tertiary/aromatic N) is 2. The van der Waals surface area contributed by atoms with Crippen molar-refractivity contribution < 1.29 is 5.11 Å². The van der Waals surface area contributed by atoms with Gasteiger partial charge in [-0.05, 0) is 19.3 Å². The third-order valence-electron chi connectivity index (χ3n) is 3.69. The molecule has 0 aliphatic rings. The highest BCUT2D eigenvalue weighted by Crippen LogP contribution is 2.22. The average Bonchev–Trinajstić information content (AvgIpc) is 2.50. The van der Waals surface area contributed by atoms with Crippen LogP contribution in [0.3, 0.4) is 0 Å². The molecule has 3 N–H and O–H groups in total. The predicted molar refractivity (Wildman–Crippen MR) is 84.2 cm³/mol. The fourth-order valence-corrected chi connectivity index (χ4v) is 2.02. The van der Waals surface area contributed by atoms with Crippen molar-refractivity contribution in [3.63, 3.8) is 0 Å². The maximum atomic E-state index is 9.65. The first-order valence-electron chi connectivity index (χ1n) is 7.63. The Hall–Kier alpha value is -1.36. The average molecular weight is 280 g/mol. The second kappa shape index (κ2) is 8.04. The fraction of sp³-hybridized carbons (Fsp3) is 0.733. The van der Waals surface area contributed by atoms with Crippen LogP contribution in [0.15, 0.2) is 6.07 Å². The summed E-state index contributed by atoms with van der Waals surface area (Å²) in [6.07, 6.45) is 3.55. The Kier molecular flexibility index (Phi) is 6.71. The fourth-order valence-electron chi connectivity index (χ4n) is 2.02. The Balaban J connectivity index is 2.98. The Morgan fingerprint density at radius 2 is 1.75 bits per heavy atom. The minimum Gasteiger partial charge on any atom is -0.394 e. The van der Waals surface area contributed by atoms with Crippen LogP contribution in [0, 0.1) is 0 Å². The number of rotatable bonds is 9. The molecule has 0 bridgehead atoms. The molecule has 0 amide bonds. The number of aliphatic hydroxyl groups excluding tert-OH is 1. The van der Waals surface area contributed by atoms with Gasteiger partial charge in [-0.2, -0.15) is 0 Å². The number of hydrogen-bond donors (Lipinski definition) is 3. The molecule has 0 saturated carbocycles. The van der Waals surface area contributed by atoms with Gasteiger partial charge in [-0.3, -0.25) is 0 Å². The van der Waals surface area contributed by atoms with Crippen LogP contribution in [-0.4, -0.2) is 33.8 Å². The summed E-state index contributed by atoms with van der Waals surface area (Å²) in [5, 5.41) is 16.3. The molecule has 0 aliphatic carbocycles. The molecule has 114 valence electrons. The van der Waals surface area contributed by atoms with E-state index in [0.29, 0.717) is 0 Å². The van der Waals surface area contributed by atoms with E-state index in [-0.39, 0.29) is 12.1 Å². The van der Waals surface area contributed by atoms with E-state index in [9.17, 15) is 5.11 Å². The monoisotopic (exact) mass is 280 g/mol. The van der Waals surface area contributed by atoms with Gasteiger partial charge in [0.1, 0.15) is 17.5 Å². The molecule has 1 aromatic rings. The zero-order valence-electron chi connectivity index (χ0n) is 13.2. The van der Waals surface area contributed by atoms with Crippen LogP contribution in [-0.2, 0) is 6.42 Å². The Labute approximate surface area is 122 Å². The smallest absolute Gasteiger partial charge is 0.132 e. The molecule has 1 aromatic heterocycles. The van der Waals surface area contributed by atoms with Gasteiger partial charge in [-0.25, -0.2) is 9.97 Å². The lowest BCUT2D eigenvalue weighted by Crippen LogP contribution is -2.41. The van der Waals surface area contributed by atoms with Crippen LogP contribution in [0.25, 0.3) is 0 Å². The normalized spacial score (nSPS) is 11.4. The van der Waals surface area contributed by atoms with Gasteiger partial charge >= 0.3 is 0 Å². The number of nitrogens with one attached hydrogen (secondary N) is 2. The Morgan fingerprint density at radius 3 is 2.25 bits per heavy atom. The van der Waals surface area contributed by atoms with Gasteiger partial charge in [-0.15, -0.1) is 0 Å². The van der Waals surface area contributed by atoms with Crippen LogP contribution in [0.5, 0.6) is 0 Å². The molecule has 0 fully saturated rings. The number of anilines is 2. The molecule has 0 aromatic carbocycles. The first kappa shape index (κ1) is 16.7. The quantitative estimate of drug-likeness (QED) is 0.649. The summed E-state index contributed by atoms with van der Waals surface area (Å²) < 4.78 is 0. The summed E-state index contributed by atoms with van der Waals surface area (Å²) in [5.74, 6) is 2.45. The second-order valence-electron chi connectivity index (χ2n) is 5.11. The second-order valence-corrected chi connectivity index (χ2v) is 5.11. The van der Waals surface area contributed by atoms with Gasteiger partial charge < -0.3 is 15.7 Å². The third kappa shape index (κ3) is 4.34. The van der Waals surface area contributed by atoms with E-state index in [1.165, 1.54) is 0 Å². The summed E-state index contributed by atoms with van der Waals surface area (Å²) >= 11 is 0. The lowest BCUT2D eigenvalue weighted by atomic mass is 9.94. The van der Waals surface area contributed by atoms with E-state index in [2.05, 4.69) is 41.4 Å². The van der Waals surface area contributed by atoms with Crippen molar-refractivity contribution in [3.05, 3.63) is 11.9 Å². The largest absolute Gasteiger partial charge is 0.394 e. The molecule has 1 heterocycles. The maximum absolute atomic E-state index is 9.65. The Morgan fingerprint density at radius 1 is 1.10 bits per heavy atom. The zero-order chi connectivity index (χ0) is 15.0. The van der Waals surface area contributed by atoms with Crippen molar-refractivity contribution in [1.29, 1.82) is 0 Å². The van der Waals surface area contributed by atoms with E-state index in [4.69, 9.17) is 0 Å². The lowest BCUT2D eigenvalue weighted by Gasteiger charge is -2.31.